The number of amides is 1. The van der Waals surface area contributed by atoms with Crippen LogP contribution in [0.5, 0.6) is 0 Å². The Morgan fingerprint density at radius 3 is 2.38 bits per heavy atom. The zero-order valence-corrected chi connectivity index (χ0v) is 14.8. The van der Waals surface area contributed by atoms with E-state index in [-0.39, 0.29) is 11.9 Å². The lowest BCUT2D eigenvalue weighted by molar-refractivity contribution is -0.123. The van der Waals surface area contributed by atoms with Crippen LogP contribution in [0.25, 0.3) is 0 Å². The number of carbonyl (C=O) groups is 1. The molecule has 1 aliphatic carbocycles. The summed E-state index contributed by atoms with van der Waals surface area (Å²) in [6.07, 6.45) is 2.41. The molecule has 0 aromatic heterocycles. The second kappa shape index (κ2) is 7.21. The van der Waals surface area contributed by atoms with Gasteiger partial charge >= 0.3 is 0 Å². The van der Waals surface area contributed by atoms with Crippen molar-refractivity contribution in [2.45, 2.75) is 30.7 Å². The molecular weight excluding hydrogens is 326 g/mol. The quantitative estimate of drug-likeness (QED) is 0.827. The van der Waals surface area contributed by atoms with Crippen LogP contribution >= 0.6 is 0 Å². The molecule has 1 N–H and O–H groups in total. The summed E-state index contributed by atoms with van der Waals surface area (Å²) in [5.41, 5.74) is 0. The minimum atomic E-state index is -3.43. The first-order valence-corrected chi connectivity index (χ1v) is 9.98. The van der Waals surface area contributed by atoms with Gasteiger partial charge in [0.1, 0.15) is 0 Å². The third-order valence-corrected chi connectivity index (χ3v) is 6.71. The van der Waals surface area contributed by atoms with Gasteiger partial charge in [-0.2, -0.15) is 4.31 Å². The Morgan fingerprint density at radius 2 is 1.79 bits per heavy atom. The molecule has 132 valence electrons. The van der Waals surface area contributed by atoms with Gasteiger partial charge in [-0.15, -0.1) is 0 Å². The van der Waals surface area contributed by atoms with Crippen molar-refractivity contribution in [2.75, 3.05) is 32.7 Å². The van der Waals surface area contributed by atoms with Crippen LogP contribution in [0.4, 0.5) is 0 Å². The predicted octanol–water partition coefficient (Wildman–Crippen LogP) is 0.908. The van der Waals surface area contributed by atoms with Gasteiger partial charge in [-0.05, 0) is 37.8 Å². The van der Waals surface area contributed by atoms with Crippen LogP contribution in [0, 0.1) is 5.92 Å². The fourth-order valence-electron chi connectivity index (χ4n) is 3.09. The van der Waals surface area contributed by atoms with E-state index < -0.39 is 10.0 Å². The first-order valence-electron chi connectivity index (χ1n) is 8.54. The van der Waals surface area contributed by atoms with E-state index in [0.29, 0.717) is 43.5 Å². The summed E-state index contributed by atoms with van der Waals surface area (Å²) in [7, 11) is -3.43. The van der Waals surface area contributed by atoms with E-state index in [1.54, 1.807) is 30.3 Å². The number of hydrogen-bond acceptors (Lipinski definition) is 4. The van der Waals surface area contributed by atoms with Crippen molar-refractivity contribution in [3.63, 3.8) is 0 Å². The molecular formula is C17H25N3O3S. The Hall–Kier alpha value is -1.44. The SMILES string of the molecule is C[C@@H](NC(=O)CN1CCN(S(=O)(=O)c2ccccc2)CC1)C1CC1. The molecule has 0 spiro atoms. The number of nitrogens with zero attached hydrogens (tertiary/aromatic N) is 2. The molecule has 3 rings (SSSR count). The van der Waals surface area contributed by atoms with Gasteiger partial charge < -0.3 is 5.32 Å². The van der Waals surface area contributed by atoms with Crippen LogP contribution in [0.15, 0.2) is 35.2 Å². The number of sulfonamides is 1. The third kappa shape index (κ3) is 4.15. The van der Waals surface area contributed by atoms with Gasteiger partial charge in [-0.1, -0.05) is 18.2 Å². The lowest BCUT2D eigenvalue weighted by Gasteiger charge is -2.33. The van der Waals surface area contributed by atoms with Gasteiger partial charge in [0.2, 0.25) is 15.9 Å². The van der Waals surface area contributed by atoms with Crippen molar-refractivity contribution >= 4 is 15.9 Å². The second-order valence-electron chi connectivity index (χ2n) is 6.69. The summed E-state index contributed by atoms with van der Waals surface area (Å²) in [5, 5.41) is 3.04. The minimum absolute atomic E-state index is 0.0359. The number of piperazine rings is 1. The average Bonchev–Trinajstić information content (AvgIpc) is 3.41. The average molecular weight is 351 g/mol. The normalized spacial score (nSPS) is 21.4. The Labute approximate surface area is 143 Å². The maximum Gasteiger partial charge on any atom is 0.243 e. The molecule has 0 unspecified atom stereocenters. The topological polar surface area (TPSA) is 69.7 Å². The summed E-state index contributed by atoms with van der Waals surface area (Å²) in [4.78, 5) is 14.4. The van der Waals surface area contributed by atoms with Gasteiger partial charge in [-0.25, -0.2) is 8.42 Å². The molecule has 24 heavy (non-hydrogen) atoms. The van der Waals surface area contributed by atoms with Gasteiger partial charge in [0, 0.05) is 32.2 Å². The zero-order chi connectivity index (χ0) is 17.2. The summed E-state index contributed by atoms with van der Waals surface area (Å²) in [5.74, 6) is 0.676. The molecule has 2 aliphatic rings. The minimum Gasteiger partial charge on any atom is -0.352 e. The van der Waals surface area contributed by atoms with Crippen LogP contribution in [-0.4, -0.2) is 62.3 Å². The van der Waals surface area contributed by atoms with Crippen molar-refractivity contribution in [3.8, 4) is 0 Å². The highest BCUT2D eigenvalue weighted by Crippen LogP contribution is 2.32. The fraction of sp³-hybridized carbons (Fsp3) is 0.588. The first-order chi connectivity index (χ1) is 11.5. The number of nitrogens with one attached hydrogen (secondary N) is 1. The molecule has 6 nitrogen and oxygen atoms in total. The third-order valence-electron chi connectivity index (χ3n) is 4.80. The van der Waals surface area contributed by atoms with E-state index >= 15 is 0 Å². The molecule has 7 heteroatoms. The molecule has 1 aromatic rings. The highest BCUT2D eigenvalue weighted by Gasteiger charge is 2.31. The summed E-state index contributed by atoms with van der Waals surface area (Å²) < 4.78 is 26.6. The second-order valence-corrected chi connectivity index (χ2v) is 8.62. The number of hydrogen-bond donors (Lipinski definition) is 1. The monoisotopic (exact) mass is 351 g/mol. The van der Waals surface area contributed by atoms with E-state index in [4.69, 9.17) is 0 Å². The molecule has 1 amide bonds. The molecule has 1 aliphatic heterocycles. The molecule has 0 radical (unpaired) electrons. The molecule has 1 aromatic carbocycles. The molecule has 1 saturated heterocycles. The van der Waals surface area contributed by atoms with Crippen LogP contribution in [0.1, 0.15) is 19.8 Å². The van der Waals surface area contributed by atoms with Crippen LogP contribution < -0.4 is 5.32 Å². The van der Waals surface area contributed by atoms with Crippen LogP contribution in [0.3, 0.4) is 0 Å². The van der Waals surface area contributed by atoms with Crippen molar-refractivity contribution < 1.29 is 13.2 Å². The zero-order valence-electron chi connectivity index (χ0n) is 14.0. The Bertz CT molecular complexity index is 666. The van der Waals surface area contributed by atoms with Gasteiger partial charge in [-0.3, -0.25) is 9.69 Å². The molecule has 1 atom stereocenters. The van der Waals surface area contributed by atoms with Gasteiger partial charge in [0.25, 0.3) is 0 Å². The maximum atomic E-state index is 12.6. The molecule has 0 bridgehead atoms. The van der Waals surface area contributed by atoms with Crippen molar-refractivity contribution in [1.29, 1.82) is 0 Å². The van der Waals surface area contributed by atoms with E-state index in [0.717, 1.165) is 0 Å². The number of rotatable bonds is 6. The van der Waals surface area contributed by atoms with Crippen LogP contribution in [-0.2, 0) is 14.8 Å². The highest BCUT2D eigenvalue weighted by molar-refractivity contribution is 7.89. The number of benzene rings is 1. The fourth-order valence-corrected chi connectivity index (χ4v) is 4.53. The molecule has 1 saturated carbocycles. The largest absolute Gasteiger partial charge is 0.352 e. The van der Waals surface area contributed by atoms with Gasteiger partial charge in [0.05, 0.1) is 11.4 Å². The number of carbonyl (C=O) groups excluding carboxylic acids is 1. The van der Waals surface area contributed by atoms with Crippen molar-refractivity contribution in [2.24, 2.45) is 5.92 Å². The molecule has 1 heterocycles. The highest BCUT2D eigenvalue weighted by atomic mass is 32.2. The van der Waals surface area contributed by atoms with E-state index in [9.17, 15) is 13.2 Å². The van der Waals surface area contributed by atoms with Crippen molar-refractivity contribution in [1.82, 2.24) is 14.5 Å². The van der Waals surface area contributed by atoms with E-state index in [2.05, 4.69) is 12.2 Å². The van der Waals surface area contributed by atoms with E-state index in [1.165, 1.54) is 17.1 Å². The Morgan fingerprint density at radius 1 is 1.17 bits per heavy atom. The standard InChI is InChI=1S/C17H25N3O3S/c1-14(15-7-8-15)18-17(21)13-19-9-11-20(12-10-19)24(22,23)16-5-3-2-4-6-16/h2-6,14-15H,7-13H2,1H3,(H,18,21)/t14-/m1/s1. The lowest BCUT2D eigenvalue weighted by atomic mass is 10.2. The first kappa shape index (κ1) is 17.4. The van der Waals surface area contributed by atoms with Gasteiger partial charge in [0.15, 0.2) is 0 Å². The summed E-state index contributed by atoms with van der Waals surface area (Å²) in [6.45, 7) is 4.40. The molecule has 2 fully saturated rings. The van der Waals surface area contributed by atoms with E-state index in [1.807, 2.05) is 4.90 Å². The Kier molecular flexibility index (Phi) is 5.22. The maximum absolute atomic E-state index is 12.6. The smallest absolute Gasteiger partial charge is 0.243 e. The van der Waals surface area contributed by atoms with Crippen molar-refractivity contribution in [3.05, 3.63) is 30.3 Å². The predicted molar refractivity (Wildman–Crippen MR) is 92.0 cm³/mol. The van der Waals surface area contributed by atoms with Crippen LogP contribution in [0.2, 0.25) is 0 Å². The Balaban J connectivity index is 1.49. The summed E-state index contributed by atoms with van der Waals surface area (Å²) >= 11 is 0. The lowest BCUT2D eigenvalue weighted by Crippen LogP contribution is -2.51. The summed E-state index contributed by atoms with van der Waals surface area (Å²) in [6, 6.07) is 8.75.